The molecule has 4 rings (SSSR count). The molecule has 10 heteroatoms. The predicted molar refractivity (Wildman–Crippen MR) is 139 cm³/mol. The van der Waals surface area contributed by atoms with Crippen LogP contribution in [-0.4, -0.2) is 54.0 Å². The molecule has 1 heterocycles. The van der Waals surface area contributed by atoms with Crippen LogP contribution in [-0.2, 0) is 11.2 Å². The van der Waals surface area contributed by atoms with Crippen LogP contribution in [0.15, 0.2) is 60.2 Å². The van der Waals surface area contributed by atoms with E-state index in [4.69, 9.17) is 18.9 Å². The third kappa shape index (κ3) is 5.24. The van der Waals surface area contributed by atoms with Gasteiger partial charge in [-0.25, -0.2) is 4.79 Å². The van der Waals surface area contributed by atoms with E-state index in [-0.39, 0.29) is 17.6 Å². The molecule has 0 aliphatic heterocycles. The third-order valence-electron chi connectivity index (χ3n) is 5.79. The molecule has 4 aromatic rings. The fourth-order valence-electron chi connectivity index (χ4n) is 4.00. The fraction of sp³-hybridized carbons (Fsp3) is 0.185. The number of allylic oxidation sites excluding steroid dienone is 1. The lowest BCUT2D eigenvalue weighted by Crippen LogP contribution is -2.14. The van der Waals surface area contributed by atoms with E-state index in [1.165, 1.54) is 28.4 Å². The van der Waals surface area contributed by atoms with Crippen LogP contribution in [0.25, 0.3) is 16.6 Å². The van der Waals surface area contributed by atoms with Gasteiger partial charge in [-0.1, -0.05) is 6.07 Å². The zero-order chi connectivity index (χ0) is 26.5. The molecule has 37 heavy (non-hydrogen) atoms. The molecule has 0 saturated carbocycles. The Balaban J connectivity index is 1.93. The van der Waals surface area contributed by atoms with Gasteiger partial charge in [-0.15, -0.1) is 0 Å². The Kier molecular flexibility index (Phi) is 7.69. The molecule has 0 fully saturated rings. The number of ketones is 1. The van der Waals surface area contributed by atoms with Crippen LogP contribution in [0, 0.1) is 0 Å². The summed E-state index contributed by atoms with van der Waals surface area (Å²) in [6.07, 6.45) is -0.0173. The molecule has 0 amide bonds. The van der Waals surface area contributed by atoms with Gasteiger partial charge in [0, 0.05) is 17.6 Å². The van der Waals surface area contributed by atoms with Crippen LogP contribution in [0.5, 0.6) is 23.0 Å². The van der Waals surface area contributed by atoms with E-state index in [1.807, 2.05) is 0 Å². The molecule has 0 spiro atoms. The number of carboxylic acid groups (broad SMARTS) is 1. The number of benzene rings is 3. The van der Waals surface area contributed by atoms with Crippen LogP contribution in [0.3, 0.4) is 0 Å². The van der Waals surface area contributed by atoms with Crippen LogP contribution in [0.1, 0.15) is 21.5 Å². The Morgan fingerprint density at radius 2 is 1.41 bits per heavy atom. The minimum absolute atomic E-state index is 0.0173. The van der Waals surface area contributed by atoms with Crippen LogP contribution in [0.2, 0.25) is 0 Å². The van der Waals surface area contributed by atoms with Crippen molar-refractivity contribution < 1.29 is 33.6 Å². The summed E-state index contributed by atoms with van der Waals surface area (Å²) in [7, 11) is 5.99. The Morgan fingerprint density at radius 3 is 1.97 bits per heavy atom. The maximum atomic E-state index is 13.8. The summed E-state index contributed by atoms with van der Waals surface area (Å²) in [6.45, 7) is 0. The maximum Gasteiger partial charge on any atom is 0.336 e. The molecule has 3 aromatic carbocycles. The number of rotatable bonds is 10. The minimum Gasteiger partial charge on any atom is -0.497 e. The monoisotopic (exact) mass is 520 g/mol. The first-order valence-electron chi connectivity index (χ1n) is 11.1. The first-order chi connectivity index (χ1) is 17.9. The number of aliphatic carboxylic acids is 1. The molecule has 0 aliphatic rings. The quantitative estimate of drug-likeness (QED) is 0.235. The molecule has 9 nitrogen and oxygen atoms in total. The van der Waals surface area contributed by atoms with Gasteiger partial charge in [0.05, 0.1) is 45.7 Å². The van der Waals surface area contributed by atoms with Gasteiger partial charge < -0.3 is 24.1 Å². The van der Waals surface area contributed by atoms with Gasteiger partial charge in [-0.3, -0.25) is 4.79 Å². The molecule has 0 saturated heterocycles. The second kappa shape index (κ2) is 11.1. The highest BCUT2D eigenvalue weighted by Crippen LogP contribution is 2.39. The highest BCUT2D eigenvalue weighted by molar-refractivity contribution is 7.00. The lowest BCUT2D eigenvalue weighted by atomic mass is 9.89. The smallest absolute Gasteiger partial charge is 0.336 e. The summed E-state index contributed by atoms with van der Waals surface area (Å²) in [6, 6.07) is 14.8. The number of Topliss-reactive ketones (excluding diaryl/α,β-unsaturated/α-hetero) is 1. The van der Waals surface area contributed by atoms with Gasteiger partial charge in [0.15, 0.2) is 17.3 Å². The van der Waals surface area contributed by atoms with Crippen molar-refractivity contribution in [2.75, 3.05) is 28.4 Å². The number of carbonyl (C=O) groups is 2. The highest BCUT2D eigenvalue weighted by Gasteiger charge is 2.25. The summed E-state index contributed by atoms with van der Waals surface area (Å²) in [5.74, 6) is 0.0596. The Hall–Kier alpha value is -4.44. The van der Waals surface area contributed by atoms with Crippen molar-refractivity contribution in [1.29, 1.82) is 0 Å². The summed E-state index contributed by atoms with van der Waals surface area (Å²) in [5.41, 5.74) is 2.40. The van der Waals surface area contributed by atoms with Crippen LogP contribution in [0.4, 0.5) is 0 Å². The van der Waals surface area contributed by atoms with Crippen molar-refractivity contribution in [3.8, 4) is 23.0 Å². The zero-order valence-corrected chi connectivity index (χ0v) is 21.4. The molecule has 0 aliphatic carbocycles. The van der Waals surface area contributed by atoms with Crippen LogP contribution >= 0.6 is 11.7 Å². The maximum absolute atomic E-state index is 13.8. The van der Waals surface area contributed by atoms with E-state index in [2.05, 4.69) is 8.75 Å². The SMILES string of the molecule is COc1ccc(C(=O)/C(Cc2cc(OC)c(OC)c(OC)c2)=C(\C(=O)O)c2ccc3nsnc3c2)cc1. The minimum atomic E-state index is -1.24. The summed E-state index contributed by atoms with van der Waals surface area (Å²) in [5, 5.41) is 10.3. The van der Waals surface area contributed by atoms with E-state index < -0.39 is 11.8 Å². The molecule has 0 bridgehead atoms. The normalized spacial score (nSPS) is 11.6. The number of carbonyl (C=O) groups excluding carboxylic acids is 1. The highest BCUT2D eigenvalue weighted by atomic mass is 32.1. The van der Waals surface area contributed by atoms with Gasteiger partial charge in [0.1, 0.15) is 16.8 Å². The van der Waals surface area contributed by atoms with Crippen molar-refractivity contribution >= 4 is 40.1 Å². The van der Waals surface area contributed by atoms with Crippen molar-refractivity contribution in [2.24, 2.45) is 0 Å². The van der Waals surface area contributed by atoms with Crippen molar-refractivity contribution in [3.05, 3.63) is 76.9 Å². The van der Waals surface area contributed by atoms with Crippen molar-refractivity contribution in [2.45, 2.75) is 6.42 Å². The molecule has 190 valence electrons. The van der Waals surface area contributed by atoms with Gasteiger partial charge >= 0.3 is 5.97 Å². The Morgan fingerprint density at radius 1 is 0.784 bits per heavy atom. The van der Waals surface area contributed by atoms with Gasteiger partial charge in [-0.2, -0.15) is 8.75 Å². The lowest BCUT2D eigenvalue weighted by Gasteiger charge is -2.17. The predicted octanol–water partition coefficient (Wildman–Crippen LogP) is 4.69. The number of methoxy groups -OCH3 is 4. The van der Waals surface area contributed by atoms with Crippen LogP contribution < -0.4 is 18.9 Å². The number of hydrogen-bond donors (Lipinski definition) is 1. The van der Waals surface area contributed by atoms with E-state index in [0.29, 0.717) is 50.7 Å². The summed E-state index contributed by atoms with van der Waals surface area (Å²) >= 11 is 1.03. The Labute approximate surface area is 217 Å². The molecular formula is C27H24N2O7S. The summed E-state index contributed by atoms with van der Waals surface area (Å²) < 4.78 is 29.9. The lowest BCUT2D eigenvalue weighted by molar-refractivity contribution is -0.130. The number of carboxylic acids is 1. The fourth-order valence-corrected chi connectivity index (χ4v) is 4.52. The van der Waals surface area contributed by atoms with Gasteiger partial charge in [0.2, 0.25) is 5.75 Å². The molecule has 0 atom stereocenters. The van der Waals surface area contributed by atoms with E-state index in [9.17, 15) is 14.7 Å². The summed E-state index contributed by atoms with van der Waals surface area (Å²) in [4.78, 5) is 26.5. The second-order valence-corrected chi connectivity index (χ2v) is 8.42. The standard InChI is InChI=1S/C27H24N2O7S/c1-33-18-8-5-16(6-9-18)25(30)19(11-15-12-22(34-2)26(36-4)23(13-15)35-3)24(27(31)32)17-7-10-20-21(14-17)29-37-28-20/h5-10,12-14H,11H2,1-4H3,(H,31,32)/b24-19-. The van der Waals surface area contributed by atoms with E-state index in [0.717, 1.165) is 11.7 Å². The molecule has 0 radical (unpaired) electrons. The van der Waals surface area contributed by atoms with Gasteiger partial charge in [-0.05, 0) is 59.7 Å². The van der Waals surface area contributed by atoms with E-state index in [1.54, 1.807) is 54.6 Å². The zero-order valence-electron chi connectivity index (χ0n) is 20.6. The van der Waals surface area contributed by atoms with Crippen molar-refractivity contribution in [1.82, 2.24) is 8.75 Å². The average molecular weight is 521 g/mol. The first-order valence-corrected chi connectivity index (χ1v) is 11.8. The average Bonchev–Trinajstić information content (AvgIpc) is 3.39. The topological polar surface area (TPSA) is 117 Å². The number of aromatic nitrogens is 2. The number of fused-ring (bicyclic) bond motifs is 1. The second-order valence-electron chi connectivity index (χ2n) is 7.89. The molecule has 1 N–H and O–H groups in total. The molecular weight excluding hydrogens is 496 g/mol. The number of nitrogens with zero attached hydrogens (tertiary/aromatic N) is 2. The van der Waals surface area contributed by atoms with Crippen molar-refractivity contribution in [3.63, 3.8) is 0 Å². The van der Waals surface area contributed by atoms with E-state index >= 15 is 0 Å². The first kappa shape index (κ1) is 25.6. The Bertz CT molecular complexity index is 1470. The number of ether oxygens (including phenoxy) is 4. The third-order valence-corrected chi connectivity index (χ3v) is 6.35. The molecule has 0 unspecified atom stereocenters. The molecule has 1 aromatic heterocycles. The van der Waals surface area contributed by atoms with Gasteiger partial charge in [0.25, 0.3) is 0 Å². The number of hydrogen-bond acceptors (Lipinski definition) is 9. The largest absolute Gasteiger partial charge is 0.497 e.